The molecule has 0 saturated heterocycles. The topological polar surface area (TPSA) is 57.6 Å². The second-order valence-electron chi connectivity index (χ2n) is 2.24. The number of benzene rings is 1. The van der Waals surface area contributed by atoms with E-state index in [9.17, 15) is 0 Å². The van der Waals surface area contributed by atoms with Crippen LogP contribution in [-0.2, 0) is 6.54 Å². The first-order chi connectivity index (χ1) is 4.33. The fraction of sp³-hybridized carbons (Fsp3) is 0.250. The monoisotopic (exact) mass is 139 g/mol. The summed E-state index contributed by atoms with van der Waals surface area (Å²) in [6.07, 6.45) is 0. The summed E-state index contributed by atoms with van der Waals surface area (Å²) in [6, 6.07) is 8.45. The van der Waals surface area contributed by atoms with E-state index in [2.05, 4.69) is 36.9 Å². The van der Waals surface area contributed by atoms with Gasteiger partial charge in [-0.2, -0.15) is 0 Å². The summed E-state index contributed by atoms with van der Waals surface area (Å²) in [5, 5.41) is 0. The van der Waals surface area contributed by atoms with Crippen LogP contribution in [0.2, 0.25) is 0 Å². The SMILES string of the molecule is Cc1ccc(C[NH3+])cc1.[OH-]. The molecule has 0 amide bonds. The third kappa shape index (κ3) is 2.17. The second-order valence-corrected chi connectivity index (χ2v) is 2.24. The lowest BCUT2D eigenvalue weighted by Gasteiger charge is -1.92. The fourth-order valence-electron chi connectivity index (χ4n) is 0.755. The van der Waals surface area contributed by atoms with Crippen LogP contribution < -0.4 is 5.73 Å². The Bertz CT molecular complexity index is 181. The number of hydrogen-bond donors (Lipinski definition) is 1. The normalized spacial score (nSPS) is 8.60. The van der Waals surface area contributed by atoms with Crippen molar-refractivity contribution in [1.82, 2.24) is 0 Å². The molecule has 0 aliphatic carbocycles. The summed E-state index contributed by atoms with van der Waals surface area (Å²) in [6.45, 7) is 2.98. The zero-order chi connectivity index (χ0) is 6.69. The van der Waals surface area contributed by atoms with E-state index in [0.29, 0.717) is 0 Å². The Morgan fingerprint density at radius 2 is 1.70 bits per heavy atom. The maximum Gasteiger partial charge on any atom is 0.0997 e. The third-order valence-electron chi connectivity index (χ3n) is 1.41. The van der Waals surface area contributed by atoms with Gasteiger partial charge in [0, 0.05) is 5.56 Å². The molecule has 1 aromatic rings. The number of aryl methyl sites for hydroxylation is 1. The molecule has 56 valence electrons. The largest absolute Gasteiger partial charge is 0.870 e. The van der Waals surface area contributed by atoms with Gasteiger partial charge in [0.05, 0.1) is 6.54 Å². The summed E-state index contributed by atoms with van der Waals surface area (Å²) in [4.78, 5) is 0. The molecule has 0 aromatic heterocycles. The van der Waals surface area contributed by atoms with Crippen molar-refractivity contribution >= 4 is 0 Å². The van der Waals surface area contributed by atoms with Crippen molar-refractivity contribution in [2.45, 2.75) is 13.5 Å². The Morgan fingerprint density at radius 3 is 2.10 bits per heavy atom. The van der Waals surface area contributed by atoms with Crippen LogP contribution in [0.4, 0.5) is 0 Å². The van der Waals surface area contributed by atoms with Crippen molar-refractivity contribution < 1.29 is 11.2 Å². The maximum atomic E-state index is 3.79. The highest BCUT2D eigenvalue weighted by atomic mass is 16.0. The highest BCUT2D eigenvalue weighted by Gasteiger charge is 1.87. The summed E-state index contributed by atoms with van der Waals surface area (Å²) >= 11 is 0. The first kappa shape index (κ1) is 9.14. The molecule has 0 radical (unpaired) electrons. The lowest BCUT2D eigenvalue weighted by atomic mass is 10.2. The minimum absolute atomic E-state index is 0. The molecule has 4 N–H and O–H groups in total. The van der Waals surface area contributed by atoms with Crippen molar-refractivity contribution in [3.63, 3.8) is 0 Å². The van der Waals surface area contributed by atoms with Gasteiger partial charge < -0.3 is 11.2 Å². The summed E-state index contributed by atoms with van der Waals surface area (Å²) in [5.74, 6) is 0. The Kier molecular flexibility index (Phi) is 3.69. The zero-order valence-electron chi connectivity index (χ0n) is 6.17. The molecule has 0 fully saturated rings. The first-order valence-corrected chi connectivity index (χ1v) is 3.17. The molecule has 0 aliphatic heterocycles. The third-order valence-corrected chi connectivity index (χ3v) is 1.41. The molecule has 10 heavy (non-hydrogen) atoms. The smallest absolute Gasteiger partial charge is 0.0997 e. The molecule has 0 unspecified atom stereocenters. The Labute approximate surface area is 61.0 Å². The van der Waals surface area contributed by atoms with Gasteiger partial charge in [-0.3, -0.25) is 0 Å². The summed E-state index contributed by atoms with van der Waals surface area (Å²) < 4.78 is 0. The van der Waals surface area contributed by atoms with E-state index in [0.717, 1.165) is 6.54 Å². The highest BCUT2D eigenvalue weighted by molar-refractivity contribution is 5.20. The lowest BCUT2D eigenvalue weighted by molar-refractivity contribution is -0.386. The number of rotatable bonds is 1. The van der Waals surface area contributed by atoms with Gasteiger partial charge in [-0.05, 0) is 6.92 Å². The van der Waals surface area contributed by atoms with Crippen LogP contribution in [0.25, 0.3) is 0 Å². The van der Waals surface area contributed by atoms with E-state index in [1.54, 1.807) is 0 Å². The van der Waals surface area contributed by atoms with Crippen molar-refractivity contribution in [3.05, 3.63) is 35.4 Å². The molecule has 2 nitrogen and oxygen atoms in total. The number of quaternary nitrogens is 1. The van der Waals surface area contributed by atoms with Gasteiger partial charge in [0.2, 0.25) is 0 Å². The zero-order valence-corrected chi connectivity index (χ0v) is 6.17. The Hall–Kier alpha value is -0.860. The van der Waals surface area contributed by atoms with Crippen molar-refractivity contribution in [1.29, 1.82) is 0 Å². The van der Waals surface area contributed by atoms with E-state index in [4.69, 9.17) is 0 Å². The van der Waals surface area contributed by atoms with Crippen LogP contribution in [0.3, 0.4) is 0 Å². The summed E-state index contributed by atoms with van der Waals surface area (Å²) in [5.41, 5.74) is 6.40. The van der Waals surface area contributed by atoms with Gasteiger partial charge in [-0.25, -0.2) is 0 Å². The minimum atomic E-state index is 0. The van der Waals surface area contributed by atoms with E-state index >= 15 is 0 Å². The van der Waals surface area contributed by atoms with Crippen LogP contribution in [-0.4, -0.2) is 5.48 Å². The molecular formula is C8H13NO. The Balaban J connectivity index is 0.000000810. The van der Waals surface area contributed by atoms with Gasteiger partial charge in [-0.15, -0.1) is 0 Å². The molecular weight excluding hydrogens is 126 g/mol. The Morgan fingerprint density at radius 1 is 1.20 bits per heavy atom. The van der Waals surface area contributed by atoms with E-state index in [1.807, 2.05) is 0 Å². The van der Waals surface area contributed by atoms with E-state index in [1.165, 1.54) is 11.1 Å². The molecule has 0 bridgehead atoms. The molecule has 1 rings (SSSR count). The molecule has 1 aromatic carbocycles. The molecule has 0 spiro atoms. The summed E-state index contributed by atoms with van der Waals surface area (Å²) in [7, 11) is 0. The average molecular weight is 139 g/mol. The quantitative estimate of drug-likeness (QED) is 0.607. The predicted octanol–water partition coefficient (Wildman–Crippen LogP) is 0.560. The van der Waals surface area contributed by atoms with Crippen LogP contribution >= 0.6 is 0 Å². The lowest BCUT2D eigenvalue weighted by Crippen LogP contribution is -2.47. The van der Waals surface area contributed by atoms with Gasteiger partial charge in [0.1, 0.15) is 0 Å². The van der Waals surface area contributed by atoms with Gasteiger partial charge in [-0.1, -0.05) is 29.8 Å². The van der Waals surface area contributed by atoms with Gasteiger partial charge >= 0.3 is 0 Å². The number of hydrogen-bond acceptors (Lipinski definition) is 1. The van der Waals surface area contributed by atoms with Crippen molar-refractivity contribution in [2.75, 3.05) is 0 Å². The fourth-order valence-corrected chi connectivity index (χ4v) is 0.755. The van der Waals surface area contributed by atoms with Crippen LogP contribution in [0.1, 0.15) is 11.1 Å². The maximum absolute atomic E-state index is 3.79. The van der Waals surface area contributed by atoms with Crippen molar-refractivity contribution in [2.24, 2.45) is 0 Å². The molecule has 0 atom stereocenters. The molecule has 0 aliphatic rings. The minimum Gasteiger partial charge on any atom is -0.870 e. The standard InChI is InChI=1S/C8H11N.H2O/c1-7-2-4-8(6-9)5-3-7;/h2-5H,6,9H2,1H3;1H2. The first-order valence-electron chi connectivity index (χ1n) is 3.17. The van der Waals surface area contributed by atoms with Crippen molar-refractivity contribution in [3.8, 4) is 0 Å². The predicted molar refractivity (Wildman–Crippen MR) is 39.7 cm³/mol. The van der Waals surface area contributed by atoms with E-state index < -0.39 is 0 Å². The van der Waals surface area contributed by atoms with Gasteiger partial charge in [0.15, 0.2) is 0 Å². The van der Waals surface area contributed by atoms with Gasteiger partial charge in [0.25, 0.3) is 0 Å². The van der Waals surface area contributed by atoms with Crippen LogP contribution in [0.5, 0.6) is 0 Å². The molecule has 0 saturated carbocycles. The van der Waals surface area contributed by atoms with Crippen LogP contribution in [0.15, 0.2) is 24.3 Å². The average Bonchev–Trinajstić information content (AvgIpc) is 1.90. The van der Waals surface area contributed by atoms with Crippen LogP contribution in [0, 0.1) is 6.92 Å². The molecule has 0 heterocycles. The van der Waals surface area contributed by atoms with E-state index in [-0.39, 0.29) is 5.48 Å². The highest BCUT2D eigenvalue weighted by Crippen LogP contribution is 2.00. The second kappa shape index (κ2) is 4.04. The molecule has 2 heteroatoms.